The minimum absolute atomic E-state index is 0. The van der Waals surface area contributed by atoms with Gasteiger partial charge in [-0.1, -0.05) is 90.4 Å². The molecule has 0 N–H and O–H groups in total. The second kappa shape index (κ2) is 26.7. The summed E-state index contributed by atoms with van der Waals surface area (Å²) in [6, 6.07) is 0. The van der Waals surface area contributed by atoms with Crippen molar-refractivity contribution in [3.05, 3.63) is 0 Å². The molecule has 0 amide bonds. The number of nitrogens with zero attached hydrogens (tertiary/aromatic N) is 1. The van der Waals surface area contributed by atoms with Gasteiger partial charge in [0.2, 0.25) is 0 Å². The molecule has 0 rings (SSSR count). The van der Waals surface area contributed by atoms with Crippen molar-refractivity contribution in [2.45, 2.75) is 110 Å². The van der Waals surface area contributed by atoms with Crippen molar-refractivity contribution < 1.29 is 129 Å². The first kappa shape index (κ1) is 40.5. The fraction of sp³-hybridized carbons (Fsp3) is 1.00. The van der Waals surface area contributed by atoms with E-state index in [0.717, 1.165) is 25.8 Å². The number of rotatable bonds is 23. The SMILES string of the molecule is CCCCCCCCCCCCCCCCN(CCCS(=O)(=O)[O-])CCCS(=O)(=O)[O-].[K+].[K+]. The molecule has 0 aromatic heterocycles. The third-order valence-corrected chi connectivity index (χ3v) is 7.14. The van der Waals surface area contributed by atoms with Crippen LogP contribution in [-0.2, 0) is 20.2 Å². The van der Waals surface area contributed by atoms with Gasteiger partial charge in [0.25, 0.3) is 0 Å². The average Bonchev–Trinajstić information content (AvgIpc) is 2.66. The van der Waals surface area contributed by atoms with E-state index in [2.05, 4.69) is 6.92 Å². The summed E-state index contributed by atoms with van der Waals surface area (Å²) >= 11 is 0. The van der Waals surface area contributed by atoms with E-state index in [1.165, 1.54) is 70.6 Å². The fourth-order valence-electron chi connectivity index (χ4n) is 3.80. The van der Waals surface area contributed by atoms with E-state index in [9.17, 15) is 25.9 Å². The maximum atomic E-state index is 10.8. The first-order chi connectivity index (χ1) is 14.6. The van der Waals surface area contributed by atoms with Crippen molar-refractivity contribution in [2.24, 2.45) is 0 Å². The summed E-state index contributed by atoms with van der Waals surface area (Å²) in [6.07, 6.45) is 18.3. The summed E-state index contributed by atoms with van der Waals surface area (Å²) < 4.78 is 64.6. The summed E-state index contributed by atoms with van der Waals surface area (Å²) in [7, 11) is -8.47. The predicted octanol–water partition coefficient (Wildman–Crippen LogP) is -1.35. The molecule has 0 atom stereocenters. The van der Waals surface area contributed by atoms with Gasteiger partial charge in [-0.25, -0.2) is 16.8 Å². The van der Waals surface area contributed by atoms with Crippen molar-refractivity contribution in [3.8, 4) is 0 Å². The number of hydrogen-bond donors (Lipinski definition) is 0. The van der Waals surface area contributed by atoms with Crippen LogP contribution in [0.15, 0.2) is 0 Å². The molecule has 0 aromatic carbocycles. The summed E-state index contributed by atoms with van der Waals surface area (Å²) in [5, 5.41) is 0. The topological polar surface area (TPSA) is 118 Å². The monoisotopic (exact) mass is 561 g/mol. The van der Waals surface area contributed by atoms with E-state index in [-0.39, 0.29) is 116 Å². The third-order valence-electron chi connectivity index (χ3n) is 5.57. The number of unbranched alkanes of at least 4 members (excludes halogenated alkanes) is 13. The van der Waals surface area contributed by atoms with Gasteiger partial charge in [-0.15, -0.1) is 0 Å². The average molecular weight is 562 g/mol. The van der Waals surface area contributed by atoms with Crippen molar-refractivity contribution in [1.82, 2.24) is 4.90 Å². The van der Waals surface area contributed by atoms with E-state index in [1.807, 2.05) is 4.90 Å². The molecule has 0 bridgehead atoms. The molecule has 0 saturated heterocycles. The zero-order chi connectivity index (χ0) is 23.4. The third kappa shape index (κ3) is 35.1. The van der Waals surface area contributed by atoms with Crippen LogP contribution in [0.4, 0.5) is 0 Å². The van der Waals surface area contributed by atoms with Gasteiger partial charge in [0.15, 0.2) is 0 Å². The number of hydrogen-bond acceptors (Lipinski definition) is 7. The molecule has 7 nitrogen and oxygen atoms in total. The molecule has 0 aliphatic carbocycles. The van der Waals surface area contributed by atoms with Crippen LogP contribution in [0.5, 0.6) is 0 Å². The van der Waals surface area contributed by atoms with E-state index >= 15 is 0 Å². The Balaban J connectivity index is -0.00000450. The predicted molar refractivity (Wildman–Crippen MR) is 125 cm³/mol. The maximum Gasteiger partial charge on any atom is 1.00 e. The zero-order valence-corrected chi connectivity index (χ0v) is 29.4. The van der Waals surface area contributed by atoms with Crippen LogP contribution in [-0.4, -0.2) is 62.0 Å². The maximum absolute atomic E-state index is 10.8. The molecule has 188 valence electrons. The molecule has 0 fully saturated rings. The molecule has 0 aliphatic heterocycles. The van der Waals surface area contributed by atoms with Crippen molar-refractivity contribution in [1.29, 1.82) is 0 Å². The van der Waals surface area contributed by atoms with Gasteiger partial charge in [0.05, 0.1) is 20.2 Å². The summed E-state index contributed by atoms with van der Waals surface area (Å²) in [5.74, 6) is -0.829. The van der Waals surface area contributed by atoms with Crippen LogP contribution in [0, 0.1) is 0 Å². The Morgan fingerprint density at radius 3 is 1.06 bits per heavy atom. The Labute approximate surface area is 289 Å². The van der Waals surface area contributed by atoms with Crippen molar-refractivity contribution in [2.75, 3.05) is 31.1 Å². The van der Waals surface area contributed by atoms with Crippen LogP contribution in [0.25, 0.3) is 0 Å². The summed E-state index contributed by atoms with van der Waals surface area (Å²) in [6.45, 7) is 3.83. The first-order valence-electron chi connectivity index (χ1n) is 12.2. The molecule has 33 heavy (non-hydrogen) atoms. The van der Waals surface area contributed by atoms with Gasteiger partial charge in [0.1, 0.15) is 0 Å². The Hall–Kier alpha value is 3.05. The van der Waals surface area contributed by atoms with E-state index in [0.29, 0.717) is 13.1 Å². The van der Waals surface area contributed by atoms with Crippen molar-refractivity contribution in [3.63, 3.8) is 0 Å². The van der Waals surface area contributed by atoms with Crippen molar-refractivity contribution >= 4 is 20.2 Å². The Morgan fingerprint density at radius 1 is 0.485 bits per heavy atom. The summed E-state index contributed by atoms with van der Waals surface area (Å²) in [4.78, 5) is 1.97. The quantitative estimate of drug-likeness (QED) is 0.0860. The van der Waals surface area contributed by atoms with Gasteiger partial charge < -0.3 is 14.0 Å². The van der Waals surface area contributed by atoms with Gasteiger partial charge >= 0.3 is 103 Å². The second-order valence-electron chi connectivity index (χ2n) is 8.67. The molecular formula is C22H45K2NO6S2. The van der Waals surface area contributed by atoms with Crippen LogP contribution in [0.1, 0.15) is 110 Å². The second-order valence-corrected chi connectivity index (χ2v) is 11.7. The van der Waals surface area contributed by atoms with Gasteiger partial charge in [0, 0.05) is 11.5 Å². The van der Waals surface area contributed by atoms with E-state index in [4.69, 9.17) is 0 Å². The largest absolute Gasteiger partial charge is 1.00 e. The van der Waals surface area contributed by atoms with E-state index < -0.39 is 31.7 Å². The molecule has 0 unspecified atom stereocenters. The molecule has 0 heterocycles. The molecule has 11 heteroatoms. The standard InChI is InChI=1S/C22H47NO6S2.2K/c1-2-3-4-5-6-7-8-9-10-11-12-13-14-15-18-23(19-16-21-30(24,25)26)20-17-22-31(27,28)29;;/h2-22H2,1H3,(H,24,25,26)(H,27,28,29);;/q;2*+1/p-2. The zero-order valence-electron chi connectivity index (χ0n) is 21.6. The minimum Gasteiger partial charge on any atom is -0.748 e. The molecule has 0 saturated carbocycles. The minimum atomic E-state index is -4.24. The molecule has 0 aromatic rings. The first-order valence-corrected chi connectivity index (χ1v) is 15.4. The van der Waals surface area contributed by atoms with E-state index in [1.54, 1.807) is 0 Å². The normalized spacial score (nSPS) is 11.9. The summed E-state index contributed by atoms with van der Waals surface area (Å²) in [5.41, 5.74) is 0. The van der Waals surface area contributed by atoms with Gasteiger partial charge in [-0.2, -0.15) is 0 Å². The molecule has 0 radical (unpaired) electrons. The van der Waals surface area contributed by atoms with Gasteiger partial charge in [-0.3, -0.25) is 0 Å². The smallest absolute Gasteiger partial charge is 0.748 e. The molecular weight excluding hydrogens is 517 g/mol. The Morgan fingerprint density at radius 2 is 0.758 bits per heavy atom. The fourth-order valence-corrected chi connectivity index (χ4v) is 4.76. The van der Waals surface area contributed by atoms with Crippen LogP contribution in [0.2, 0.25) is 0 Å². The Bertz CT molecular complexity index is 580. The molecule has 0 spiro atoms. The molecule has 0 aliphatic rings. The van der Waals surface area contributed by atoms with Gasteiger partial charge in [-0.05, 0) is 38.9 Å². The van der Waals surface area contributed by atoms with Crippen LogP contribution >= 0.6 is 0 Å². The van der Waals surface area contributed by atoms with Crippen LogP contribution in [0.3, 0.4) is 0 Å². The van der Waals surface area contributed by atoms with Crippen LogP contribution < -0.4 is 103 Å². The Kier molecular flexibility index (Phi) is 32.7.